The van der Waals surface area contributed by atoms with Crippen LogP contribution in [0.1, 0.15) is 45.6 Å². The zero-order valence-electron chi connectivity index (χ0n) is 15.6. The number of amides is 1. The van der Waals surface area contributed by atoms with Crippen molar-refractivity contribution >= 4 is 11.7 Å². The molecule has 1 saturated heterocycles. The molecule has 2 unspecified atom stereocenters. The molecular formula is C21H25N3O2. The fourth-order valence-electron chi connectivity index (χ4n) is 3.85. The number of nitrogens with zero attached hydrogens (tertiary/aromatic N) is 3. The van der Waals surface area contributed by atoms with Crippen LogP contribution < -0.4 is 0 Å². The third-order valence-corrected chi connectivity index (χ3v) is 4.97. The zero-order chi connectivity index (χ0) is 18.3. The molecular weight excluding hydrogens is 326 g/mol. The van der Waals surface area contributed by atoms with Gasteiger partial charge in [-0.25, -0.2) is 9.48 Å². The van der Waals surface area contributed by atoms with Crippen molar-refractivity contribution in [1.82, 2.24) is 14.7 Å². The van der Waals surface area contributed by atoms with Gasteiger partial charge in [0.05, 0.1) is 17.9 Å². The minimum atomic E-state index is -0.461. The van der Waals surface area contributed by atoms with Crippen LogP contribution in [0.5, 0.6) is 0 Å². The van der Waals surface area contributed by atoms with E-state index >= 15 is 0 Å². The molecule has 0 spiro atoms. The van der Waals surface area contributed by atoms with Gasteiger partial charge in [-0.2, -0.15) is 5.10 Å². The molecule has 3 heterocycles. The Morgan fingerprint density at radius 3 is 2.65 bits per heavy atom. The van der Waals surface area contributed by atoms with E-state index in [4.69, 9.17) is 4.74 Å². The first-order valence-electron chi connectivity index (χ1n) is 9.23. The summed E-state index contributed by atoms with van der Waals surface area (Å²) in [6, 6.07) is 10.4. The summed E-state index contributed by atoms with van der Waals surface area (Å²) < 4.78 is 7.50. The van der Waals surface area contributed by atoms with Crippen molar-refractivity contribution in [1.29, 1.82) is 0 Å². The highest BCUT2D eigenvalue weighted by atomic mass is 16.6. The monoisotopic (exact) mass is 351 g/mol. The fourth-order valence-corrected chi connectivity index (χ4v) is 3.85. The molecule has 1 amide bonds. The summed E-state index contributed by atoms with van der Waals surface area (Å²) in [6.45, 7) is 5.74. The second-order valence-electron chi connectivity index (χ2n) is 8.09. The van der Waals surface area contributed by atoms with Crippen LogP contribution in [0.15, 0.2) is 48.8 Å². The predicted molar refractivity (Wildman–Crippen MR) is 101 cm³/mol. The highest BCUT2D eigenvalue weighted by molar-refractivity contribution is 5.75. The quantitative estimate of drug-likeness (QED) is 0.804. The molecule has 2 atom stereocenters. The molecule has 2 bridgehead atoms. The Bertz CT molecular complexity index is 832. The molecule has 1 aromatic carbocycles. The SMILES string of the molecule is CC(C)(C)OC(=O)N1C2C=C(c3cnn(-c4ccccc4)c3)CC1CC2. The summed E-state index contributed by atoms with van der Waals surface area (Å²) >= 11 is 0. The van der Waals surface area contributed by atoms with Crippen LogP contribution in [0.25, 0.3) is 11.3 Å². The van der Waals surface area contributed by atoms with Crippen molar-refractivity contribution in [2.45, 2.75) is 57.7 Å². The fraction of sp³-hybridized carbons (Fsp3) is 0.429. The van der Waals surface area contributed by atoms with E-state index in [1.54, 1.807) is 0 Å². The average Bonchev–Trinajstić information content (AvgIpc) is 3.17. The molecule has 2 aromatic rings. The average molecular weight is 351 g/mol. The lowest BCUT2D eigenvalue weighted by molar-refractivity contribution is 0.0175. The number of rotatable bonds is 2. The van der Waals surface area contributed by atoms with Crippen molar-refractivity contribution in [2.24, 2.45) is 0 Å². The van der Waals surface area contributed by atoms with Crippen molar-refractivity contribution in [3.63, 3.8) is 0 Å². The summed E-state index contributed by atoms with van der Waals surface area (Å²) in [4.78, 5) is 14.5. The largest absolute Gasteiger partial charge is 0.444 e. The minimum Gasteiger partial charge on any atom is -0.444 e. The van der Waals surface area contributed by atoms with Gasteiger partial charge >= 0.3 is 6.09 Å². The van der Waals surface area contributed by atoms with E-state index in [1.807, 2.05) is 66.9 Å². The van der Waals surface area contributed by atoms with Gasteiger partial charge in [0.1, 0.15) is 5.60 Å². The highest BCUT2D eigenvalue weighted by Gasteiger charge is 2.41. The minimum absolute atomic E-state index is 0.124. The van der Waals surface area contributed by atoms with Crippen molar-refractivity contribution in [2.75, 3.05) is 0 Å². The number of fused-ring (bicyclic) bond motifs is 2. The summed E-state index contributed by atoms with van der Waals surface area (Å²) in [7, 11) is 0. The Labute approximate surface area is 154 Å². The van der Waals surface area contributed by atoms with Gasteiger partial charge in [-0.05, 0) is 57.7 Å². The maximum Gasteiger partial charge on any atom is 0.411 e. The smallest absolute Gasteiger partial charge is 0.411 e. The maximum absolute atomic E-state index is 12.6. The van der Waals surface area contributed by atoms with Gasteiger partial charge in [-0.3, -0.25) is 4.90 Å². The van der Waals surface area contributed by atoms with Crippen molar-refractivity contribution < 1.29 is 9.53 Å². The lowest BCUT2D eigenvalue weighted by Crippen LogP contribution is -2.45. The first-order valence-corrected chi connectivity index (χ1v) is 9.23. The maximum atomic E-state index is 12.6. The van der Waals surface area contributed by atoms with Gasteiger partial charge < -0.3 is 4.74 Å². The number of benzene rings is 1. The van der Waals surface area contributed by atoms with Gasteiger partial charge in [0.25, 0.3) is 0 Å². The molecule has 1 fully saturated rings. The normalized spacial score (nSPS) is 22.3. The molecule has 0 radical (unpaired) electrons. The van der Waals surface area contributed by atoms with Gasteiger partial charge in [0.2, 0.25) is 0 Å². The molecule has 0 N–H and O–H groups in total. The van der Waals surface area contributed by atoms with Gasteiger partial charge in [-0.15, -0.1) is 0 Å². The van der Waals surface area contributed by atoms with Crippen LogP contribution in [-0.2, 0) is 4.74 Å². The Morgan fingerprint density at radius 1 is 1.19 bits per heavy atom. The van der Waals surface area contributed by atoms with E-state index in [0.29, 0.717) is 0 Å². The Kier molecular flexibility index (Phi) is 4.10. The molecule has 136 valence electrons. The van der Waals surface area contributed by atoms with Crippen LogP contribution >= 0.6 is 0 Å². The van der Waals surface area contributed by atoms with E-state index in [1.165, 1.54) is 5.57 Å². The standard InChI is InChI=1S/C21H25N3O2/c1-21(2,3)26-20(25)24-18-9-10-19(24)12-15(11-18)16-13-22-23(14-16)17-7-5-4-6-8-17/h4-8,11,13-14,18-19H,9-10,12H2,1-3H3. The van der Waals surface area contributed by atoms with Gasteiger partial charge in [0, 0.05) is 17.8 Å². The lowest BCUT2D eigenvalue weighted by Gasteiger charge is -2.35. The van der Waals surface area contributed by atoms with Crippen LogP contribution in [-0.4, -0.2) is 38.5 Å². The summed E-state index contributed by atoms with van der Waals surface area (Å²) in [5, 5.41) is 4.51. The number of aromatic nitrogens is 2. The second-order valence-corrected chi connectivity index (χ2v) is 8.09. The third kappa shape index (κ3) is 3.26. The van der Waals surface area contributed by atoms with Crippen LogP contribution in [0.2, 0.25) is 0 Å². The molecule has 1 aromatic heterocycles. The van der Waals surface area contributed by atoms with Crippen LogP contribution in [0.3, 0.4) is 0 Å². The van der Waals surface area contributed by atoms with Crippen LogP contribution in [0, 0.1) is 0 Å². The Balaban J connectivity index is 1.55. The Morgan fingerprint density at radius 2 is 1.96 bits per heavy atom. The number of carbonyl (C=O) groups excluding carboxylic acids is 1. The number of ether oxygens (including phenoxy) is 1. The zero-order valence-corrected chi connectivity index (χ0v) is 15.6. The molecule has 2 aliphatic heterocycles. The highest BCUT2D eigenvalue weighted by Crippen LogP contribution is 2.39. The third-order valence-electron chi connectivity index (χ3n) is 4.97. The summed E-state index contributed by atoms with van der Waals surface area (Å²) in [5.41, 5.74) is 3.00. The Hall–Kier alpha value is -2.56. The van der Waals surface area contributed by atoms with Crippen LogP contribution in [0.4, 0.5) is 4.79 Å². The lowest BCUT2D eigenvalue weighted by atomic mass is 9.97. The molecule has 0 saturated carbocycles. The summed E-state index contributed by atoms with van der Waals surface area (Å²) in [5.74, 6) is 0. The number of para-hydroxylation sites is 1. The molecule has 5 nitrogen and oxygen atoms in total. The van der Waals surface area contributed by atoms with Crippen molar-refractivity contribution in [3.8, 4) is 5.69 Å². The number of hydrogen-bond acceptors (Lipinski definition) is 3. The number of hydrogen-bond donors (Lipinski definition) is 0. The first-order chi connectivity index (χ1) is 12.4. The topological polar surface area (TPSA) is 47.4 Å². The van der Waals surface area contributed by atoms with E-state index in [2.05, 4.69) is 17.4 Å². The molecule has 2 aliphatic rings. The molecule has 0 aliphatic carbocycles. The van der Waals surface area contributed by atoms with Crippen molar-refractivity contribution in [3.05, 3.63) is 54.4 Å². The molecule has 4 rings (SSSR count). The predicted octanol–water partition coefficient (Wildman–Crippen LogP) is 4.43. The van der Waals surface area contributed by atoms with E-state index in [0.717, 1.165) is 30.5 Å². The van der Waals surface area contributed by atoms with Gasteiger partial charge in [0.15, 0.2) is 0 Å². The summed E-state index contributed by atoms with van der Waals surface area (Å²) in [6.07, 6.45) is 8.90. The first kappa shape index (κ1) is 16.9. The molecule has 5 heteroatoms. The van der Waals surface area contributed by atoms with E-state index in [-0.39, 0.29) is 18.2 Å². The molecule has 26 heavy (non-hydrogen) atoms. The number of carbonyl (C=O) groups is 1. The van der Waals surface area contributed by atoms with E-state index < -0.39 is 5.60 Å². The van der Waals surface area contributed by atoms with E-state index in [9.17, 15) is 4.79 Å². The van der Waals surface area contributed by atoms with Gasteiger partial charge in [-0.1, -0.05) is 24.3 Å². The second kappa shape index (κ2) is 6.31.